The summed E-state index contributed by atoms with van der Waals surface area (Å²) in [5, 5.41) is 0. The smallest absolute Gasteiger partial charge is 0.145 e. The summed E-state index contributed by atoms with van der Waals surface area (Å²) in [5.41, 5.74) is 2.40. The summed E-state index contributed by atoms with van der Waals surface area (Å²) in [6, 6.07) is 18.6. The molecule has 3 aromatic rings. The number of hydrogen-bond donors (Lipinski definition) is 0. The fourth-order valence-corrected chi connectivity index (χ4v) is 2.57. The van der Waals surface area contributed by atoms with Crippen LogP contribution in [0.3, 0.4) is 0 Å². The van der Waals surface area contributed by atoms with E-state index in [2.05, 4.69) is 29.2 Å². The number of rotatable bonds is 6. The zero-order chi connectivity index (χ0) is 23.1. The van der Waals surface area contributed by atoms with Crippen molar-refractivity contribution in [1.82, 2.24) is 0 Å². The summed E-state index contributed by atoms with van der Waals surface area (Å²) < 4.78 is 37.9. The Kier molecular flexibility index (Phi) is 12.8. The topological polar surface area (TPSA) is 34.1 Å². The minimum absolute atomic E-state index is 0.176. The van der Waals surface area contributed by atoms with Gasteiger partial charge in [-0.15, -0.1) is 0 Å². The number of aryl methyl sites for hydroxylation is 1. The number of hydrogen-bond acceptors (Lipinski definition) is 2. The summed E-state index contributed by atoms with van der Waals surface area (Å²) >= 11 is 2.13. The lowest BCUT2D eigenvalue weighted by atomic mass is 10.1. The molecule has 0 heterocycles. The van der Waals surface area contributed by atoms with Gasteiger partial charge in [-0.05, 0) is 94.2 Å². The Morgan fingerprint density at radius 1 is 0.742 bits per heavy atom. The molecule has 0 aliphatic heterocycles. The molecule has 0 spiro atoms. The van der Waals surface area contributed by atoms with Crippen molar-refractivity contribution in [3.63, 3.8) is 0 Å². The molecule has 0 aromatic heterocycles. The first kappa shape index (κ1) is 26.3. The lowest BCUT2D eigenvalue weighted by Gasteiger charge is -1.97. The molecule has 3 aromatic carbocycles. The quantitative estimate of drug-likeness (QED) is 0.204. The Morgan fingerprint density at radius 3 is 1.55 bits per heavy atom. The maximum atomic E-state index is 12.4. The van der Waals surface area contributed by atoms with Crippen LogP contribution < -0.4 is 0 Å². The van der Waals surface area contributed by atoms with E-state index in [0.717, 1.165) is 21.0 Å². The third kappa shape index (κ3) is 12.5. The summed E-state index contributed by atoms with van der Waals surface area (Å²) in [5.74, 6) is -0.680. The van der Waals surface area contributed by atoms with Gasteiger partial charge < -0.3 is 4.79 Å². The summed E-state index contributed by atoms with van der Waals surface area (Å²) in [6.07, 6.45) is 3.27. The average molecular weight is 538 g/mol. The predicted octanol–water partition coefficient (Wildman–Crippen LogP) is 6.51. The Balaban J connectivity index is 0.000000237. The van der Waals surface area contributed by atoms with Crippen molar-refractivity contribution in [3.8, 4) is 0 Å². The zero-order valence-electron chi connectivity index (χ0n) is 16.7. The third-order valence-corrected chi connectivity index (χ3v) is 4.50. The zero-order valence-corrected chi connectivity index (χ0v) is 18.9. The van der Waals surface area contributed by atoms with Crippen molar-refractivity contribution in [3.05, 3.63) is 117 Å². The van der Waals surface area contributed by atoms with Crippen LogP contribution in [0.15, 0.2) is 84.9 Å². The number of carbonyl (C=O) groups excluding carboxylic acids is 2. The number of aldehydes is 2. The van der Waals surface area contributed by atoms with Gasteiger partial charge in [-0.3, -0.25) is 4.79 Å². The fourth-order valence-electron chi connectivity index (χ4n) is 2.21. The van der Waals surface area contributed by atoms with E-state index < -0.39 is 0 Å². The number of carbonyl (C=O) groups is 2. The molecular formula is C25H22F3IO2. The van der Waals surface area contributed by atoms with Gasteiger partial charge in [0.2, 0.25) is 0 Å². The third-order valence-electron chi connectivity index (χ3n) is 3.78. The van der Waals surface area contributed by atoms with Crippen LogP contribution in [0.5, 0.6) is 0 Å². The van der Waals surface area contributed by atoms with E-state index in [1.807, 2.05) is 0 Å². The predicted molar refractivity (Wildman–Crippen MR) is 125 cm³/mol. The molecule has 162 valence electrons. The Bertz CT molecular complexity index is 917. The second kappa shape index (κ2) is 15.1. The minimum atomic E-state index is -0.268. The SMILES string of the molecule is C=C(C=O)Cc1ccc(F)cc1.Fc1ccc(I)cc1.O=CCCc1ccc(F)cc1. The first-order chi connectivity index (χ1) is 14.8. The Labute approximate surface area is 194 Å². The van der Waals surface area contributed by atoms with E-state index in [-0.39, 0.29) is 17.5 Å². The van der Waals surface area contributed by atoms with Gasteiger partial charge in [0.15, 0.2) is 0 Å². The standard InChI is InChI=1S/C10H9FO.C9H9FO.C6H4FI/c1-8(7-12)6-9-2-4-10(11)5-3-9;10-9-5-3-8(4-6-9)2-1-7-11;7-5-1-3-6(8)4-2-5/h2-5,7H,1,6H2;3-7H,1-2H2;1-4H. The van der Waals surface area contributed by atoms with Gasteiger partial charge in [0.1, 0.15) is 30.0 Å². The second-order valence-corrected chi connectivity index (χ2v) is 7.59. The molecule has 0 aliphatic carbocycles. The van der Waals surface area contributed by atoms with Crippen molar-refractivity contribution in [2.45, 2.75) is 19.3 Å². The van der Waals surface area contributed by atoms with Crippen LogP contribution in [0.1, 0.15) is 17.5 Å². The normalized spacial score (nSPS) is 9.42. The summed E-state index contributed by atoms with van der Waals surface area (Å²) in [6.45, 7) is 3.53. The molecule has 0 saturated carbocycles. The molecule has 0 radical (unpaired) electrons. The average Bonchev–Trinajstić information content (AvgIpc) is 2.78. The molecule has 3 rings (SSSR count). The molecule has 2 nitrogen and oxygen atoms in total. The molecule has 0 bridgehead atoms. The largest absolute Gasteiger partial charge is 0.303 e. The van der Waals surface area contributed by atoms with Gasteiger partial charge in [0.05, 0.1) is 0 Å². The van der Waals surface area contributed by atoms with Gasteiger partial charge in [0, 0.05) is 16.4 Å². The van der Waals surface area contributed by atoms with Crippen molar-refractivity contribution in [2.24, 2.45) is 0 Å². The van der Waals surface area contributed by atoms with Gasteiger partial charge >= 0.3 is 0 Å². The summed E-state index contributed by atoms with van der Waals surface area (Å²) in [4.78, 5) is 20.2. The lowest BCUT2D eigenvalue weighted by Crippen LogP contribution is -1.89. The van der Waals surface area contributed by atoms with E-state index in [0.29, 0.717) is 31.1 Å². The van der Waals surface area contributed by atoms with E-state index in [1.165, 1.54) is 36.4 Å². The highest BCUT2D eigenvalue weighted by Crippen LogP contribution is 2.07. The maximum absolute atomic E-state index is 12.4. The van der Waals surface area contributed by atoms with Gasteiger partial charge in [0.25, 0.3) is 0 Å². The van der Waals surface area contributed by atoms with Gasteiger partial charge in [-0.1, -0.05) is 30.8 Å². The molecular weight excluding hydrogens is 516 g/mol. The number of benzene rings is 3. The maximum Gasteiger partial charge on any atom is 0.145 e. The molecule has 0 saturated heterocycles. The van der Waals surface area contributed by atoms with Crippen molar-refractivity contribution in [1.29, 1.82) is 0 Å². The van der Waals surface area contributed by atoms with Crippen LogP contribution in [0.25, 0.3) is 0 Å². The van der Waals surface area contributed by atoms with E-state index >= 15 is 0 Å². The highest BCUT2D eigenvalue weighted by molar-refractivity contribution is 14.1. The van der Waals surface area contributed by atoms with Crippen molar-refractivity contribution in [2.75, 3.05) is 0 Å². The highest BCUT2D eigenvalue weighted by atomic mass is 127. The molecule has 0 fully saturated rings. The van der Waals surface area contributed by atoms with Crippen LogP contribution in [0, 0.1) is 21.0 Å². The summed E-state index contributed by atoms with van der Waals surface area (Å²) in [7, 11) is 0. The second-order valence-electron chi connectivity index (χ2n) is 6.35. The number of allylic oxidation sites excluding steroid dienone is 1. The van der Waals surface area contributed by atoms with Crippen LogP contribution in [-0.2, 0) is 22.4 Å². The van der Waals surface area contributed by atoms with Gasteiger partial charge in [-0.25, -0.2) is 13.2 Å². The fraction of sp³-hybridized carbons (Fsp3) is 0.120. The number of halogens is 4. The van der Waals surface area contributed by atoms with Gasteiger partial charge in [-0.2, -0.15) is 0 Å². The van der Waals surface area contributed by atoms with Crippen molar-refractivity contribution >= 4 is 35.2 Å². The molecule has 0 aliphatic rings. The molecule has 0 unspecified atom stereocenters. The van der Waals surface area contributed by atoms with Crippen LogP contribution in [0.2, 0.25) is 0 Å². The molecule has 0 N–H and O–H groups in total. The van der Waals surface area contributed by atoms with Crippen LogP contribution in [0.4, 0.5) is 13.2 Å². The van der Waals surface area contributed by atoms with E-state index in [4.69, 9.17) is 0 Å². The van der Waals surface area contributed by atoms with E-state index in [9.17, 15) is 22.8 Å². The highest BCUT2D eigenvalue weighted by Gasteiger charge is 1.96. The molecule has 31 heavy (non-hydrogen) atoms. The lowest BCUT2D eigenvalue weighted by molar-refractivity contribution is -0.108. The molecule has 0 amide bonds. The first-order valence-corrected chi connectivity index (χ1v) is 10.4. The van der Waals surface area contributed by atoms with Crippen LogP contribution in [-0.4, -0.2) is 12.6 Å². The molecule has 0 atom stereocenters. The molecule has 6 heteroatoms. The van der Waals surface area contributed by atoms with E-state index in [1.54, 1.807) is 36.4 Å². The van der Waals surface area contributed by atoms with Crippen LogP contribution >= 0.6 is 22.6 Å². The van der Waals surface area contributed by atoms with Crippen molar-refractivity contribution < 1.29 is 22.8 Å². The first-order valence-electron chi connectivity index (χ1n) is 9.30. The minimum Gasteiger partial charge on any atom is -0.303 e. The Morgan fingerprint density at radius 2 is 1.16 bits per heavy atom. The Hall–Kier alpha value is -2.74. The monoisotopic (exact) mass is 538 g/mol.